The van der Waals surface area contributed by atoms with Crippen molar-refractivity contribution in [2.24, 2.45) is 0 Å². The summed E-state index contributed by atoms with van der Waals surface area (Å²) in [5.74, 6) is 0.650. The summed E-state index contributed by atoms with van der Waals surface area (Å²) < 4.78 is 10.9. The molecule has 11 heavy (non-hydrogen) atoms. The Bertz CT molecular complexity index is 307. The fourth-order valence-electron chi connectivity index (χ4n) is 0.828. The van der Waals surface area contributed by atoms with Gasteiger partial charge in [-0.25, -0.2) is 0 Å². The maximum absolute atomic E-state index is 10.4. The number of fused-ring (bicyclic) bond motifs is 1. The third-order valence-corrected chi connectivity index (χ3v) is 3.36. The largest absolute Gasteiger partial charge is 0.451 e. The summed E-state index contributed by atoms with van der Waals surface area (Å²) in [6.45, 7) is 0.249. The maximum Gasteiger partial charge on any atom is 0.232 e. The minimum atomic E-state index is 0.249. The van der Waals surface area contributed by atoms with Gasteiger partial charge in [-0.2, -0.15) is 0 Å². The molecular weight excluding hydrogens is 232 g/mol. The van der Waals surface area contributed by atoms with Crippen molar-refractivity contribution in [1.82, 2.24) is 0 Å². The second-order valence-corrected chi connectivity index (χ2v) is 3.73. The molecule has 0 radical (unpaired) electrons. The molecular formula is C6H3BrO3S. The zero-order valence-corrected chi connectivity index (χ0v) is 7.70. The first kappa shape index (κ1) is 7.12. The second-order valence-electron chi connectivity index (χ2n) is 1.92. The predicted molar refractivity (Wildman–Crippen MR) is 43.5 cm³/mol. The van der Waals surface area contributed by atoms with E-state index in [1.54, 1.807) is 0 Å². The van der Waals surface area contributed by atoms with Gasteiger partial charge in [-0.1, -0.05) is 11.3 Å². The van der Waals surface area contributed by atoms with Crippen molar-refractivity contribution < 1.29 is 14.3 Å². The van der Waals surface area contributed by atoms with E-state index in [0.29, 0.717) is 20.2 Å². The lowest BCUT2D eigenvalue weighted by Crippen LogP contribution is -1.94. The Morgan fingerprint density at radius 3 is 3.00 bits per heavy atom. The number of carbonyl (C=O) groups excluding carboxylic acids is 1. The van der Waals surface area contributed by atoms with E-state index >= 15 is 0 Å². The third kappa shape index (κ3) is 0.954. The minimum absolute atomic E-state index is 0.249. The smallest absolute Gasteiger partial charge is 0.232 e. The van der Waals surface area contributed by atoms with E-state index in [-0.39, 0.29) is 6.79 Å². The number of halogens is 1. The fraction of sp³-hybridized carbons (Fsp3) is 0.167. The van der Waals surface area contributed by atoms with Crippen LogP contribution in [0.5, 0.6) is 10.8 Å². The number of aldehydes is 1. The molecule has 3 nitrogen and oxygen atoms in total. The van der Waals surface area contributed by atoms with E-state index < -0.39 is 0 Å². The number of carbonyl (C=O) groups is 1. The predicted octanol–water partition coefficient (Wildman–Crippen LogP) is 2.05. The van der Waals surface area contributed by atoms with Gasteiger partial charge in [0.2, 0.25) is 11.9 Å². The van der Waals surface area contributed by atoms with E-state index in [0.717, 1.165) is 6.29 Å². The summed E-state index contributed by atoms with van der Waals surface area (Å²) in [5, 5.41) is 0.680. The monoisotopic (exact) mass is 234 g/mol. The molecule has 1 aliphatic rings. The van der Waals surface area contributed by atoms with Crippen molar-refractivity contribution in [2.75, 3.05) is 6.79 Å². The zero-order valence-electron chi connectivity index (χ0n) is 5.30. The second kappa shape index (κ2) is 2.49. The molecule has 0 aliphatic carbocycles. The average molecular weight is 235 g/mol. The SMILES string of the molecule is O=Cc1sc2c(c1Br)OCO2. The fourth-order valence-corrected chi connectivity index (χ4v) is 2.38. The van der Waals surface area contributed by atoms with E-state index in [1.165, 1.54) is 11.3 Å². The van der Waals surface area contributed by atoms with Gasteiger partial charge in [0.05, 0.1) is 9.35 Å². The molecule has 1 aromatic rings. The summed E-state index contributed by atoms with van der Waals surface area (Å²) in [6, 6.07) is 0. The molecule has 0 bridgehead atoms. The molecule has 0 fully saturated rings. The lowest BCUT2D eigenvalue weighted by molar-refractivity contribution is 0.112. The third-order valence-electron chi connectivity index (χ3n) is 1.30. The van der Waals surface area contributed by atoms with Crippen LogP contribution in [0.15, 0.2) is 4.47 Å². The van der Waals surface area contributed by atoms with Gasteiger partial charge in [-0.3, -0.25) is 4.79 Å². The topological polar surface area (TPSA) is 35.5 Å². The summed E-state index contributed by atoms with van der Waals surface area (Å²) in [6.07, 6.45) is 0.778. The molecule has 0 saturated carbocycles. The first-order chi connectivity index (χ1) is 5.33. The van der Waals surface area contributed by atoms with Crippen LogP contribution in [0.3, 0.4) is 0 Å². The first-order valence-corrected chi connectivity index (χ1v) is 4.47. The van der Waals surface area contributed by atoms with Gasteiger partial charge in [0, 0.05) is 0 Å². The summed E-state index contributed by atoms with van der Waals surface area (Å²) in [7, 11) is 0. The van der Waals surface area contributed by atoms with Crippen molar-refractivity contribution in [1.29, 1.82) is 0 Å². The molecule has 0 amide bonds. The molecule has 2 rings (SSSR count). The van der Waals surface area contributed by atoms with Crippen LogP contribution in [0.4, 0.5) is 0 Å². The molecule has 1 aliphatic heterocycles. The Hall–Kier alpha value is -0.550. The minimum Gasteiger partial charge on any atom is -0.451 e. The van der Waals surface area contributed by atoms with Crippen molar-refractivity contribution >= 4 is 33.6 Å². The maximum atomic E-state index is 10.4. The van der Waals surface area contributed by atoms with Gasteiger partial charge in [-0.15, -0.1) is 0 Å². The quantitative estimate of drug-likeness (QED) is 0.699. The molecule has 0 N–H and O–H groups in total. The molecule has 0 unspecified atom stereocenters. The van der Waals surface area contributed by atoms with E-state index in [9.17, 15) is 4.79 Å². The van der Waals surface area contributed by atoms with Crippen LogP contribution in [0, 0.1) is 0 Å². The van der Waals surface area contributed by atoms with Gasteiger partial charge in [0.15, 0.2) is 12.0 Å². The summed E-state index contributed by atoms with van der Waals surface area (Å²) in [5.41, 5.74) is 0. The van der Waals surface area contributed by atoms with Gasteiger partial charge in [-0.05, 0) is 15.9 Å². The number of hydrogen-bond acceptors (Lipinski definition) is 4. The van der Waals surface area contributed by atoms with E-state index in [4.69, 9.17) is 9.47 Å². The lowest BCUT2D eigenvalue weighted by atomic mass is 10.5. The molecule has 1 aromatic heterocycles. The number of hydrogen-bond donors (Lipinski definition) is 0. The summed E-state index contributed by atoms with van der Waals surface area (Å²) in [4.78, 5) is 11.0. The van der Waals surface area contributed by atoms with Crippen LogP contribution < -0.4 is 9.47 Å². The van der Waals surface area contributed by atoms with Crippen LogP contribution in [0.2, 0.25) is 0 Å². The Morgan fingerprint density at radius 1 is 1.55 bits per heavy atom. The van der Waals surface area contributed by atoms with Gasteiger partial charge >= 0.3 is 0 Å². The van der Waals surface area contributed by atoms with Crippen molar-refractivity contribution in [3.63, 3.8) is 0 Å². The highest BCUT2D eigenvalue weighted by Gasteiger charge is 2.23. The Balaban J connectivity index is 2.57. The molecule has 0 aromatic carbocycles. The van der Waals surface area contributed by atoms with Gasteiger partial charge in [0.1, 0.15) is 0 Å². The normalized spacial score (nSPS) is 13.5. The van der Waals surface area contributed by atoms with Crippen LogP contribution >= 0.6 is 27.3 Å². The molecule has 2 heterocycles. The molecule has 0 spiro atoms. The molecule has 0 saturated heterocycles. The highest BCUT2D eigenvalue weighted by atomic mass is 79.9. The average Bonchev–Trinajstić information content (AvgIpc) is 2.53. The van der Waals surface area contributed by atoms with Gasteiger partial charge in [0.25, 0.3) is 0 Å². The van der Waals surface area contributed by atoms with E-state index in [1.807, 2.05) is 0 Å². The van der Waals surface area contributed by atoms with Crippen LogP contribution in [-0.2, 0) is 0 Å². The zero-order chi connectivity index (χ0) is 7.84. The lowest BCUT2D eigenvalue weighted by Gasteiger charge is -1.91. The Kier molecular flexibility index (Phi) is 1.61. The highest BCUT2D eigenvalue weighted by Crippen LogP contribution is 2.47. The molecule has 58 valence electrons. The highest BCUT2D eigenvalue weighted by molar-refractivity contribution is 9.10. The van der Waals surface area contributed by atoms with E-state index in [2.05, 4.69) is 15.9 Å². The number of rotatable bonds is 1. The molecule has 0 atom stereocenters. The van der Waals surface area contributed by atoms with Gasteiger partial charge < -0.3 is 9.47 Å². The number of thiophene rings is 1. The van der Waals surface area contributed by atoms with Crippen molar-refractivity contribution in [2.45, 2.75) is 0 Å². The summed E-state index contributed by atoms with van der Waals surface area (Å²) >= 11 is 4.52. The van der Waals surface area contributed by atoms with Crippen molar-refractivity contribution in [3.8, 4) is 10.8 Å². The van der Waals surface area contributed by atoms with Crippen LogP contribution in [0.1, 0.15) is 9.67 Å². The van der Waals surface area contributed by atoms with Crippen LogP contribution in [0.25, 0.3) is 0 Å². The standard InChI is InChI=1S/C6H3BrO3S/c7-4-3(1-8)11-6-5(4)9-2-10-6/h1H,2H2. The molecule has 5 heteroatoms. The number of ether oxygens (including phenoxy) is 2. The first-order valence-electron chi connectivity index (χ1n) is 2.86. The Labute approximate surface area is 75.1 Å². The van der Waals surface area contributed by atoms with Crippen molar-refractivity contribution in [3.05, 3.63) is 9.35 Å². The van der Waals surface area contributed by atoms with Crippen LogP contribution in [-0.4, -0.2) is 13.1 Å². The Morgan fingerprint density at radius 2 is 2.36 bits per heavy atom.